The number of aromatic nitrogens is 2. The number of ether oxygens (including phenoxy) is 2. The Kier molecular flexibility index (Phi) is 7.75. The van der Waals surface area contributed by atoms with Crippen LogP contribution in [0.4, 0.5) is 21.6 Å². The molecule has 11 heteroatoms. The lowest BCUT2D eigenvalue weighted by Crippen LogP contribution is -2.44. The van der Waals surface area contributed by atoms with E-state index in [9.17, 15) is 13.4 Å². The second-order valence-electron chi connectivity index (χ2n) is 9.78. The summed E-state index contributed by atoms with van der Waals surface area (Å²) in [5, 5.41) is 6.97. The molecule has 0 aliphatic carbocycles. The van der Waals surface area contributed by atoms with E-state index in [1.54, 1.807) is 13.0 Å². The van der Waals surface area contributed by atoms with E-state index in [-0.39, 0.29) is 17.7 Å². The first-order valence-corrected chi connectivity index (χ1v) is 14.7. The van der Waals surface area contributed by atoms with E-state index in [2.05, 4.69) is 25.0 Å². The van der Waals surface area contributed by atoms with Crippen LogP contribution in [0.15, 0.2) is 41.0 Å². The van der Waals surface area contributed by atoms with Gasteiger partial charge in [0.05, 0.1) is 26.6 Å². The highest BCUT2D eigenvalue weighted by Crippen LogP contribution is 2.34. The van der Waals surface area contributed by atoms with Gasteiger partial charge >= 0.3 is 0 Å². The van der Waals surface area contributed by atoms with E-state index < -0.39 is 21.7 Å². The van der Waals surface area contributed by atoms with E-state index in [0.717, 1.165) is 36.6 Å². The lowest BCUT2D eigenvalue weighted by atomic mass is 10.1. The molecule has 0 bridgehead atoms. The fourth-order valence-corrected chi connectivity index (χ4v) is 6.98. The van der Waals surface area contributed by atoms with Crippen LogP contribution in [0.5, 0.6) is 5.75 Å². The van der Waals surface area contributed by atoms with Crippen molar-refractivity contribution in [3.63, 3.8) is 0 Å². The number of amides is 1. The zero-order valence-corrected chi connectivity index (χ0v) is 22.4. The molecule has 0 spiro atoms. The van der Waals surface area contributed by atoms with E-state index in [0.29, 0.717) is 47.4 Å². The van der Waals surface area contributed by atoms with Crippen molar-refractivity contribution in [3.8, 4) is 5.75 Å². The minimum atomic E-state index is -2.21. The Labute approximate surface area is 221 Å². The number of hydrogen-bond acceptors (Lipinski definition) is 8. The Bertz CT molecular complexity index is 1460. The maximum absolute atomic E-state index is 14.2. The molecule has 0 radical (unpaired) electrons. The number of hydrogen-bond donors (Lipinski definition) is 2. The minimum Gasteiger partial charge on any atom is -0.479 e. The summed E-state index contributed by atoms with van der Waals surface area (Å²) in [6, 6.07) is 7.83. The number of fused-ring (bicyclic) bond motifs is 1. The molecular formula is C27H32FN5O4S. The van der Waals surface area contributed by atoms with Gasteiger partial charge in [-0.15, -0.1) is 0 Å². The minimum absolute atomic E-state index is 0.0335. The molecular weight excluding hydrogens is 509 g/mol. The van der Waals surface area contributed by atoms with Crippen LogP contribution < -0.4 is 15.4 Å². The smallest absolute Gasteiger partial charge is 0.260 e. The van der Waals surface area contributed by atoms with Crippen LogP contribution in [-0.2, 0) is 19.3 Å². The van der Waals surface area contributed by atoms with Crippen LogP contribution in [0.3, 0.4) is 0 Å². The van der Waals surface area contributed by atoms with Crippen molar-refractivity contribution in [2.75, 3.05) is 30.0 Å². The van der Waals surface area contributed by atoms with E-state index in [4.69, 9.17) is 9.47 Å². The van der Waals surface area contributed by atoms with Crippen LogP contribution in [0.25, 0.3) is 10.9 Å². The highest BCUT2D eigenvalue weighted by Gasteiger charge is 2.23. The van der Waals surface area contributed by atoms with Crippen molar-refractivity contribution < 1.29 is 22.9 Å². The lowest BCUT2D eigenvalue weighted by molar-refractivity contribution is -0.128. The molecule has 2 aromatic carbocycles. The summed E-state index contributed by atoms with van der Waals surface area (Å²) in [5.74, 6) is 1.18. The van der Waals surface area contributed by atoms with E-state index >= 15 is 0 Å². The fraction of sp³-hybridized carbons (Fsp3) is 0.444. The second kappa shape index (κ2) is 11.2. The largest absolute Gasteiger partial charge is 0.479 e. The van der Waals surface area contributed by atoms with Gasteiger partial charge < -0.3 is 20.1 Å². The number of carbonyl (C=O) groups excluding carboxylic acids is 1. The summed E-state index contributed by atoms with van der Waals surface area (Å²) < 4.78 is 42.9. The van der Waals surface area contributed by atoms with Crippen LogP contribution in [0.1, 0.15) is 38.2 Å². The number of benzene rings is 2. The highest BCUT2D eigenvalue weighted by molar-refractivity contribution is 7.93. The summed E-state index contributed by atoms with van der Waals surface area (Å²) >= 11 is 0. The average molecular weight is 542 g/mol. The molecule has 2 fully saturated rings. The van der Waals surface area contributed by atoms with Gasteiger partial charge in [0.25, 0.3) is 5.91 Å². The molecule has 38 heavy (non-hydrogen) atoms. The number of carbonyl (C=O) groups is 1. The Morgan fingerprint density at radius 1 is 1.18 bits per heavy atom. The zero-order valence-electron chi connectivity index (χ0n) is 21.5. The average Bonchev–Trinajstić information content (AvgIpc) is 3.31. The summed E-state index contributed by atoms with van der Waals surface area (Å²) in [6.45, 7) is 4.77. The van der Waals surface area contributed by atoms with Gasteiger partial charge in [0.2, 0.25) is 0 Å². The summed E-state index contributed by atoms with van der Waals surface area (Å²) in [7, 11) is -2.21. The first kappa shape index (κ1) is 26.3. The van der Waals surface area contributed by atoms with E-state index in [1.165, 1.54) is 18.5 Å². The number of anilines is 2. The monoisotopic (exact) mass is 541 g/mol. The van der Waals surface area contributed by atoms with E-state index in [1.807, 2.05) is 19.1 Å². The number of rotatable bonds is 7. The molecule has 2 aliphatic rings. The SMILES string of the molecule is Cc1cc(N=S2(=O)CCCC2)cc2ncnc(Nc3ccc(F)cc3O[C@H](C)C(=O)NC3CCOCC3)c12. The Hall–Kier alpha value is -3.31. The van der Waals surface area contributed by atoms with Gasteiger partial charge in [0.15, 0.2) is 6.10 Å². The van der Waals surface area contributed by atoms with Crippen LogP contribution in [0.2, 0.25) is 0 Å². The molecule has 9 nitrogen and oxygen atoms in total. The van der Waals surface area contributed by atoms with Gasteiger partial charge in [0.1, 0.15) is 23.7 Å². The molecule has 0 saturated carbocycles. The summed E-state index contributed by atoms with van der Waals surface area (Å²) in [5.41, 5.74) is 2.61. The third kappa shape index (κ3) is 6.05. The third-order valence-electron chi connectivity index (χ3n) is 6.81. The predicted octanol–water partition coefficient (Wildman–Crippen LogP) is 4.78. The topological polar surface area (TPSA) is 115 Å². The molecule has 1 amide bonds. The standard InChI is InChI=1S/C27H32FN5O4S/c1-17-13-21(33-38(35)11-3-4-12-38)15-23-25(17)26(30-16-29-23)32-22-6-5-19(28)14-24(22)37-18(2)27(34)31-20-7-9-36-10-8-20/h5-6,13-16,18,20H,3-4,7-12H2,1-2H3,(H,31,34)(H,29,30,32)/t18-/m1/s1. The van der Waals surface area contributed by atoms with Crippen molar-refractivity contribution >= 4 is 43.7 Å². The third-order valence-corrected chi connectivity index (χ3v) is 9.20. The van der Waals surface area contributed by atoms with Crippen LogP contribution in [0, 0.1) is 12.7 Å². The molecule has 1 aromatic heterocycles. The van der Waals surface area contributed by atoms with Gasteiger partial charge in [0, 0.05) is 42.2 Å². The molecule has 3 aromatic rings. The van der Waals surface area contributed by atoms with Crippen molar-refractivity contribution in [2.45, 2.75) is 51.7 Å². The first-order chi connectivity index (χ1) is 18.3. The van der Waals surface area contributed by atoms with Gasteiger partial charge in [-0.1, -0.05) is 0 Å². The number of nitrogens with zero attached hydrogens (tertiary/aromatic N) is 3. The van der Waals surface area contributed by atoms with Gasteiger partial charge in [-0.3, -0.25) is 4.79 Å². The first-order valence-electron chi connectivity index (χ1n) is 12.9. The van der Waals surface area contributed by atoms with Crippen molar-refractivity contribution in [1.29, 1.82) is 0 Å². The highest BCUT2D eigenvalue weighted by atomic mass is 32.2. The second-order valence-corrected chi connectivity index (χ2v) is 12.3. The summed E-state index contributed by atoms with van der Waals surface area (Å²) in [6.07, 6.45) is 3.95. The van der Waals surface area contributed by atoms with Gasteiger partial charge in [-0.2, -0.15) is 4.36 Å². The maximum Gasteiger partial charge on any atom is 0.260 e. The Balaban J connectivity index is 1.40. The molecule has 5 rings (SSSR count). The molecule has 2 saturated heterocycles. The van der Waals surface area contributed by atoms with Crippen molar-refractivity contribution in [2.24, 2.45) is 4.36 Å². The molecule has 2 N–H and O–H groups in total. The predicted molar refractivity (Wildman–Crippen MR) is 145 cm³/mol. The van der Waals surface area contributed by atoms with Gasteiger partial charge in [-0.05, 0) is 69.4 Å². The van der Waals surface area contributed by atoms with Crippen molar-refractivity contribution in [3.05, 3.63) is 48.0 Å². The number of aryl methyl sites for hydroxylation is 1. The lowest BCUT2D eigenvalue weighted by Gasteiger charge is -2.25. The summed E-state index contributed by atoms with van der Waals surface area (Å²) in [4.78, 5) is 21.6. The molecule has 2 aliphatic heterocycles. The molecule has 1 atom stereocenters. The molecule has 3 heterocycles. The van der Waals surface area contributed by atoms with Gasteiger partial charge in [-0.25, -0.2) is 18.6 Å². The molecule has 0 unspecified atom stereocenters. The Morgan fingerprint density at radius 3 is 2.71 bits per heavy atom. The normalized spacial score (nSPS) is 18.2. The quantitative estimate of drug-likeness (QED) is 0.443. The van der Waals surface area contributed by atoms with Crippen molar-refractivity contribution in [1.82, 2.24) is 15.3 Å². The number of halogens is 1. The number of nitrogens with one attached hydrogen (secondary N) is 2. The fourth-order valence-electron chi connectivity index (χ4n) is 4.79. The molecule has 202 valence electrons. The zero-order chi connectivity index (χ0) is 26.7. The maximum atomic E-state index is 14.2. The Morgan fingerprint density at radius 2 is 1.95 bits per heavy atom. The van der Waals surface area contributed by atoms with Crippen LogP contribution in [-0.4, -0.2) is 56.9 Å². The van der Waals surface area contributed by atoms with Crippen LogP contribution >= 0.6 is 0 Å².